The van der Waals surface area contributed by atoms with Gasteiger partial charge in [-0.3, -0.25) is 0 Å². The highest BCUT2D eigenvalue weighted by Crippen LogP contribution is 2.22. The number of anilines is 3. The molecule has 1 saturated heterocycles. The van der Waals surface area contributed by atoms with Crippen LogP contribution in [0.4, 0.5) is 21.8 Å². The van der Waals surface area contributed by atoms with Gasteiger partial charge in [-0.05, 0) is 29.8 Å². The maximum Gasteiger partial charge on any atom is 0.244 e. The van der Waals surface area contributed by atoms with Gasteiger partial charge in [0.15, 0.2) is 5.82 Å². The SMILES string of the molecule is COc1ccc(CNc2nncc(N3CCN(c4ccccc4F)CC3)n2)cc1. The van der Waals surface area contributed by atoms with Crippen molar-refractivity contribution in [3.8, 4) is 5.75 Å². The molecule has 1 aromatic heterocycles. The average molecular weight is 394 g/mol. The summed E-state index contributed by atoms with van der Waals surface area (Å²) in [7, 11) is 1.65. The number of aromatic nitrogens is 3. The molecule has 0 unspecified atom stereocenters. The molecule has 0 spiro atoms. The molecule has 1 fully saturated rings. The highest BCUT2D eigenvalue weighted by Gasteiger charge is 2.20. The van der Waals surface area contributed by atoms with Gasteiger partial charge in [-0.25, -0.2) is 4.39 Å². The van der Waals surface area contributed by atoms with E-state index in [1.54, 1.807) is 19.4 Å². The van der Waals surface area contributed by atoms with Gasteiger partial charge in [-0.1, -0.05) is 24.3 Å². The predicted molar refractivity (Wildman–Crippen MR) is 111 cm³/mol. The van der Waals surface area contributed by atoms with Crippen LogP contribution in [0.15, 0.2) is 54.7 Å². The number of benzene rings is 2. The third-order valence-electron chi connectivity index (χ3n) is 4.95. The number of rotatable bonds is 6. The quantitative estimate of drug-likeness (QED) is 0.689. The molecule has 3 aromatic rings. The van der Waals surface area contributed by atoms with E-state index in [9.17, 15) is 4.39 Å². The van der Waals surface area contributed by atoms with E-state index in [-0.39, 0.29) is 5.82 Å². The fourth-order valence-electron chi connectivity index (χ4n) is 3.33. The summed E-state index contributed by atoms with van der Waals surface area (Å²) in [4.78, 5) is 8.79. The van der Waals surface area contributed by atoms with E-state index in [4.69, 9.17) is 4.74 Å². The van der Waals surface area contributed by atoms with Crippen molar-refractivity contribution in [2.24, 2.45) is 0 Å². The molecule has 29 heavy (non-hydrogen) atoms. The second kappa shape index (κ2) is 8.72. The number of piperazine rings is 1. The van der Waals surface area contributed by atoms with Gasteiger partial charge in [0.2, 0.25) is 5.95 Å². The summed E-state index contributed by atoms with van der Waals surface area (Å²) >= 11 is 0. The number of hydrogen-bond donors (Lipinski definition) is 1. The highest BCUT2D eigenvalue weighted by atomic mass is 19.1. The minimum absolute atomic E-state index is 0.185. The van der Waals surface area contributed by atoms with Crippen LogP contribution in [-0.2, 0) is 6.54 Å². The molecular weight excluding hydrogens is 371 g/mol. The van der Waals surface area contributed by atoms with E-state index in [1.807, 2.05) is 36.4 Å². The molecule has 0 saturated carbocycles. The summed E-state index contributed by atoms with van der Waals surface area (Å²) in [6.45, 7) is 3.52. The van der Waals surface area contributed by atoms with E-state index in [2.05, 4.69) is 30.3 Å². The number of halogens is 1. The molecule has 0 radical (unpaired) electrons. The van der Waals surface area contributed by atoms with Crippen molar-refractivity contribution in [1.82, 2.24) is 15.2 Å². The zero-order valence-electron chi connectivity index (χ0n) is 16.3. The largest absolute Gasteiger partial charge is 0.497 e. The lowest BCUT2D eigenvalue weighted by atomic mass is 10.2. The fraction of sp³-hybridized carbons (Fsp3) is 0.286. The Morgan fingerprint density at radius 2 is 1.72 bits per heavy atom. The molecule has 8 heteroatoms. The van der Waals surface area contributed by atoms with Crippen LogP contribution in [-0.4, -0.2) is 48.5 Å². The van der Waals surface area contributed by atoms with Crippen molar-refractivity contribution in [3.05, 3.63) is 66.1 Å². The molecule has 0 bridgehead atoms. The fourth-order valence-corrected chi connectivity index (χ4v) is 3.33. The molecule has 1 N–H and O–H groups in total. The molecule has 2 aromatic carbocycles. The Labute approximate surface area is 169 Å². The Morgan fingerprint density at radius 1 is 1.00 bits per heavy atom. The summed E-state index contributed by atoms with van der Waals surface area (Å²) < 4.78 is 19.2. The van der Waals surface area contributed by atoms with E-state index in [1.165, 1.54) is 6.07 Å². The summed E-state index contributed by atoms with van der Waals surface area (Å²) in [5.41, 5.74) is 1.74. The maximum atomic E-state index is 14.0. The molecule has 0 aliphatic carbocycles. The van der Waals surface area contributed by atoms with E-state index >= 15 is 0 Å². The first-order valence-electron chi connectivity index (χ1n) is 9.54. The van der Waals surface area contributed by atoms with Gasteiger partial charge < -0.3 is 19.9 Å². The van der Waals surface area contributed by atoms with Crippen LogP contribution in [0.2, 0.25) is 0 Å². The predicted octanol–water partition coefficient (Wildman–Crippen LogP) is 2.96. The molecule has 0 amide bonds. The number of nitrogens with one attached hydrogen (secondary N) is 1. The lowest BCUT2D eigenvalue weighted by Crippen LogP contribution is -2.47. The summed E-state index contributed by atoms with van der Waals surface area (Å²) in [5.74, 6) is 1.89. The summed E-state index contributed by atoms with van der Waals surface area (Å²) in [6, 6.07) is 14.7. The summed E-state index contributed by atoms with van der Waals surface area (Å²) in [6.07, 6.45) is 1.66. The van der Waals surface area contributed by atoms with Gasteiger partial charge >= 0.3 is 0 Å². The molecule has 4 rings (SSSR count). The summed E-state index contributed by atoms with van der Waals surface area (Å²) in [5, 5.41) is 11.4. The van der Waals surface area contributed by atoms with Crippen molar-refractivity contribution >= 4 is 17.5 Å². The lowest BCUT2D eigenvalue weighted by molar-refractivity contribution is 0.414. The minimum Gasteiger partial charge on any atom is -0.497 e. The maximum absolute atomic E-state index is 14.0. The Morgan fingerprint density at radius 3 is 2.45 bits per heavy atom. The lowest BCUT2D eigenvalue weighted by Gasteiger charge is -2.36. The molecule has 1 aliphatic heterocycles. The van der Waals surface area contributed by atoms with Crippen LogP contribution in [0, 0.1) is 5.82 Å². The van der Waals surface area contributed by atoms with Crippen LogP contribution >= 0.6 is 0 Å². The highest BCUT2D eigenvalue weighted by molar-refractivity contribution is 5.50. The number of nitrogens with zero attached hydrogens (tertiary/aromatic N) is 5. The third-order valence-corrected chi connectivity index (χ3v) is 4.95. The van der Waals surface area contributed by atoms with Crippen LogP contribution in [0.25, 0.3) is 0 Å². The van der Waals surface area contributed by atoms with Gasteiger partial charge in [0.1, 0.15) is 11.6 Å². The van der Waals surface area contributed by atoms with Crippen LogP contribution < -0.4 is 19.9 Å². The van der Waals surface area contributed by atoms with Crippen molar-refractivity contribution in [1.29, 1.82) is 0 Å². The first kappa shape index (κ1) is 18.9. The van der Waals surface area contributed by atoms with Gasteiger partial charge in [-0.15, -0.1) is 5.10 Å². The van der Waals surface area contributed by atoms with Crippen molar-refractivity contribution in [3.63, 3.8) is 0 Å². The molecule has 2 heterocycles. The zero-order valence-corrected chi connectivity index (χ0v) is 16.3. The van der Waals surface area contributed by atoms with Crippen LogP contribution in [0.1, 0.15) is 5.56 Å². The zero-order chi connectivity index (χ0) is 20.1. The van der Waals surface area contributed by atoms with Crippen LogP contribution in [0.3, 0.4) is 0 Å². The van der Waals surface area contributed by atoms with E-state index in [0.29, 0.717) is 18.2 Å². The van der Waals surface area contributed by atoms with Gasteiger partial charge in [0.05, 0.1) is 19.0 Å². The Bertz CT molecular complexity index is 944. The molecular formula is C21H23FN6O. The smallest absolute Gasteiger partial charge is 0.244 e. The Balaban J connectivity index is 1.36. The van der Waals surface area contributed by atoms with Crippen molar-refractivity contribution in [2.45, 2.75) is 6.54 Å². The molecule has 7 nitrogen and oxygen atoms in total. The molecule has 0 atom stereocenters. The standard InChI is InChI=1S/C21H23FN6O/c1-29-17-8-6-16(7-9-17)14-23-21-25-20(15-24-26-21)28-12-10-27(11-13-28)19-5-3-2-4-18(19)22/h2-9,15H,10-14H2,1H3,(H,23,25,26). The van der Waals surface area contributed by atoms with Gasteiger partial charge in [0, 0.05) is 32.7 Å². The normalized spacial score (nSPS) is 14.0. The van der Waals surface area contributed by atoms with Crippen molar-refractivity contribution in [2.75, 3.05) is 48.4 Å². The first-order chi connectivity index (χ1) is 14.2. The second-order valence-electron chi connectivity index (χ2n) is 6.77. The minimum atomic E-state index is -0.185. The average Bonchev–Trinajstić information content (AvgIpc) is 2.79. The topological polar surface area (TPSA) is 66.4 Å². The van der Waals surface area contributed by atoms with Crippen LogP contribution in [0.5, 0.6) is 5.75 Å². The van der Waals surface area contributed by atoms with E-state index < -0.39 is 0 Å². The molecule has 1 aliphatic rings. The van der Waals surface area contributed by atoms with Gasteiger partial charge in [-0.2, -0.15) is 10.1 Å². The number of methoxy groups -OCH3 is 1. The number of hydrogen-bond acceptors (Lipinski definition) is 7. The molecule has 150 valence electrons. The number of para-hydroxylation sites is 1. The van der Waals surface area contributed by atoms with E-state index in [0.717, 1.165) is 43.3 Å². The first-order valence-corrected chi connectivity index (χ1v) is 9.54. The second-order valence-corrected chi connectivity index (χ2v) is 6.77. The monoisotopic (exact) mass is 394 g/mol. The van der Waals surface area contributed by atoms with Crippen molar-refractivity contribution < 1.29 is 9.13 Å². The third kappa shape index (κ3) is 4.53. The van der Waals surface area contributed by atoms with Gasteiger partial charge in [0.25, 0.3) is 0 Å². The Kier molecular flexibility index (Phi) is 5.69. The Hall–Kier alpha value is -3.42. The number of ether oxygens (including phenoxy) is 1.